The van der Waals surface area contributed by atoms with Crippen molar-refractivity contribution < 1.29 is 18.0 Å². The average molecular weight is 294 g/mol. The summed E-state index contributed by atoms with van der Waals surface area (Å²) in [5.74, 6) is -0.776. The third-order valence-corrected chi connectivity index (χ3v) is 2.27. The van der Waals surface area contributed by atoms with E-state index in [1.165, 1.54) is 12.1 Å². The van der Waals surface area contributed by atoms with E-state index in [1.54, 1.807) is 12.1 Å². The highest BCUT2D eigenvalue weighted by molar-refractivity contribution is 9.10. The highest BCUT2D eigenvalue weighted by Crippen LogP contribution is 2.22. The molecule has 0 heterocycles. The van der Waals surface area contributed by atoms with Crippen LogP contribution in [0.15, 0.2) is 40.5 Å². The van der Waals surface area contributed by atoms with E-state index in [0.717, 1.165) is 4.47 Å². The minimum absolute atomic E-state index is 0.149. The molecular formula is C10H7BrF3NO. The van der Waals surface area contributed by atoms with Crippen molar-refractivity contribution in [2.75, 3.05) is 0 Å². The van der Waals surface area contributed by atoms with Crippen molar-refractivity contribution in [3.63, 3.8) is 0 Å². The largest absolute Gasteiger partial charge is 0.430 e. The molecule has 86 valence electrons. The molecule has 1 rings (SSSR count). The number of hydrogen-bond donors (Lipinski definition) is 1. The van der Waals surface area contributed by atoms with Crippen LogP contribution < -0.4 is 5.73 Å². The Hall–Kier alpha value is -1.30. The number of carbonyl (C=O) groups is 1. The second kappa shape index (κ2) is 4.69. The highest BCUT2D eigenvalue weighted by atomic mass is 79.9. The van der Waals surface area contributed by atoms with Crippen molar-refractivity contribution in [1.29, 1.82) is 0 Å². The van der Waals surface area contributed by atoms with Gasteiger partial charge >= 0.3 is 6.18 Å². The molecule has 0 fully saturated rings. The number of carbonyl (C=O) groups excluding carboxylic acids is 1. The second-order valence-electron chi connectivity index (χ2n) is 2.97. The van der Waals surface area contributed by atoms with Crippen LogP contribution in [0.2, 0.25) is 0 Å². The van der Waals surface area contributed by atoms with E-state index in [1.807, 2.05) is 0 Å². The molecule has 0 aliphatic heterocycles. The van der Waals surface area contributed by atoms with Crippen molar-refractivity contribution in [3.05, 3.63) is 46.1 Å². The summed E-state index contributed by atoms with van der Waals surface area (Å²) in [7, 11) is 0. The van der Waals surface area contributed by atoms with Crippen LogP contribution in [0, 0.1) is 0 Å². The molecule has 0 saturated carbocycles. The van der Waals surface area contributed by atoms with Gasteiger partial charge in [0.25, 0.3) is 0 Å². The molecule has 0 atom stereocenters. The number of rotatable bonds is 2. The van der Waals surface area contributed by atoms with Gasteiger partial charge in [0.1, 0.15) is 5.70 Å². The Balaban J connectivity index is 2.92. The number of benzene rings is 1. The Morgan fingerprint density at radius 2 is 1.75 bits per heavy atom. The summed E-state index contributed by atoms with van der Waals surface area (Å²) >= 11 is 3.15. The SMILES string of the molecule is NC(=CC(=O)c1ccc(Br)cc1)C(F)(F)F. The summed E-state index contributed by atoms with van der Waals surface area (Å²) in [6.45, 7) is 0. The maximum Gasteiger partial charge on any atom is 0.430 e. The molecule has 2 N–H and O–H groups in total. The molecule has 0 aliphatic rings. The van der Waals surface area contributed by atoms with Gasteiger partial charge in [0.05, 0.1) is 0 Å². The van der Waals surface area contributed by atoms with Crippen molar-refractivity contribution in [2.24, 2.45) is 5.73 Å². The van der Waals surface area contributed by atoms with Gasteiger partial charge in [-0.3, -0.25) is 4.79 Å². The molecule has 0 saturated heterocycles. The lowest BCUT2D eigenvalue weighted by atomic mass is 10.1. The molecule has 1 aromatic rings. The van der Waals surface area contributed by atoms with Crippen LogP contribution in [-0.4, -0.2) is 12.0 Å². The van der Waals surface area contributed by atoms with E-state index in [-0.39, 0.29) is 5.56 Å². The van der Waals surface area contributed by atoms with Crippen molar-refractivity contribution in [1.82, 2.24) is 0 Å². The Labute approximate surface area is 98.1 Å². The zero-order valence-electron chi connectivity index (χ0n) is 7.88. The zero-order chi connectivity index (χ0) is 12.3. The first kappa shape index (κ1) is 12.8. The fourth-order valence-corrected chi connectivity index (χ4v) is 1.18. The van der Waals surface area contributed by atoms with Gasteiger partial charge < -0.3 is 5.73 Å². The van der Waals surface area contributed by atoms with Crippen molar-refractivity contribution >= 4 is 21.7 Å². The van der Waals surface area contributed by atoms with Gasteiger partial charge in [-0.1, -0.05) is 15.9 Å². The Morgan fingerprint density at radius 1 is 1.25 bits per heavy atom. The number of ketones is 1. The quantitative estimate of drug-likeness (QED) is 0.673. The molecule has 6 heteroatoms. The minimum atomic E-state index is -4.68. The molecule has 0 radical (unpaired) electrons. The van der Waals surface area contributed by atoms with E-state index < -0.39 is 17.7 Å². The molecule has 1 aromatic carbocycles. The molecule has 0 amide bonds. The summed E-state index contributed by atoms with van der Waals surface area (Å²) in [4.78, 5) is 11.3. The molecular weight excluding hydrogens is 287 g/mol. The van der Waals surface area contributed by atoms with E-state index in [2.05, 4.69) is 15.9 Å². The number of alkyl halides is 3. The first-order valence-electron chi connectivity index (χ1n) is 4.15. The third kappa shape index (κ3) is 3.37. The van der Waals surface area contributed by atoms with Gasteiger partial charge in [0.2, 0.25) is 0 Å². The molecule has 0 unspecified atom stereocenters. The highest BCUT2D eigenvalue weighted by Gasteiger charge is 2.32. The third-order valence-electron chi connectivity index (χ3n) is 1.74. The standard InChI is InChI=1S/C10H7BrF3NO/c11-7-3-1-6(2-4-7)8(16)5-9(15)10(12,13)14/h1-5H,15H2. The number of hydrogen-bond acceptors (Lipinski definition) is 2. The molecule has 0 bridgehead atoms. The fourth-order valence-electron chi connectivity index (χ4n) is 0.921. The summed E-state index contributed by atoms with van der Waals surface area (Å²) in [5.41, 5.74) is 3.47. The first-order chi connectivity index (χ1) is 7.30. The van der Waals surface area contributed by atoms with Gasteiger partial charge in [-0.15, -0.1) is 0 Å². The van der Waals surface area contributed by atoms with Crippen LogP contribution in [0.5, 0.6) is 0 Å². The van der Waals surface area contributed by atoms with Gasteiger partial charge in [-0.05, 0) is 24.3 Å². The lowest BCUT2D eigenvalue weighted by Gasteiger charge is -2.05. The van der Waals surface area contributed by atoms with E-state index >= 15 is 0 Å². The molecule has 0 aromatic heterocycles. The Bertz CT molecular complexity index is 423. The van der Waals surface area contributed by atoms with Crippen LogP contribution in [0.3, 0.4) is 0 Å². The number of halogens is 4. The average Bonchev–Trinajstić information content (AvgIpc) is 2.17. The van der Waals surface area contributed by atoms with Crippen molar-refractivity contribution in [2.45, 2.75) is 6.18 Å². The van der Waals surface area contributed by atoms with Gasteiger partial charge in [0.15, 0.2) is 5.78 Å². The molecule has 0 aliphatic carbocycles. The molecule has 2 nitrogen and oxygen atoms in total. The lowest BCUT2D eigenvalue weighted by Crippen LogP contribution is -2.20. The Morgan fingerprint density at radius 3 is 2.19 bits per heavy atom. The summed E-state index contributed by atoms with van der Waals surface area (Å²) in [5, 5.41) is 0. The summed E-state index contributed by atoms with van der Waals surface area (Å²) in [6, 6.07) is 5.94. The van der Waals surface area contributed by atoms with Crippen LogP contribution in [-0.2, 0) is 0 Å². The fraction of sp³-hybridized carbons (Fsp3) is 0.100. The van der Waals surface area contributed by atoms with Gasteiger partial charge in [-0.25, -0.2) is 0 Å². The summed E-state index contributed by atoms with van der Waals surface area (Å²) in [6.07, 6.45) is -4.30. The van der Waals surface area contributed by atoms with Crippen LogP contribution in [0.1, 0.15) is 10.4 Å². The first-order valence-corrected chi connectivity index (χ1v) is 4.94. The van der Waals surface area contributed by atoms with E-state index in [0.29, 0.717) is 6.08 Å². The van der Waals surface area contributed by atoms with E-state index in [9.17, 15) is 18.0 Å². The van der Waals surface area contributed by atoms with Crippen LogP contribution in [0.4, 0.5) is 13.2 Å². The monoisotopic (exact) mass is 293 g/mol. The normalized spacial score (nSPS) is 12.6. The van der Waals surface area contributed by atoms with Gasteiger partial charge in [-0.2, -0.15) is 13.2 Å². The minimum Gasteiger partial charge on any atom is -0.395 e. The van der Waals surface area contributed by atoms with Gasteiger partial charge in [0, 0.05) is 16.1 Å². The molecule has 0 spiro atoms. The summed E-state index contributed by atoms with van der Waals surface area (Å²) < 4.78 is 36.8. The van der Waals surface area contributed by atoms with Crippen molar-refractivity contribution in [3.8, 4) is 0 Å². The van der Waals surface area contributed by atoms with Crippen LogP contribution >= 0.6 is 15.9 Å². The lowest BCUT2D eigenvalue weighted by molar-refractivity contribution is -0.0927. The Kier molecular flexibility index (Phi) is 3.74. The number of allylic oxidation sites excluding steroid dienone is 2. The second-order valence-corrected chi connectivity index (χ2v) is 3.88. The topological polar surface area (TPSA) is 43.1 Å². The predicted octanol–water partition coefficient (Wildman–Crippen LogP) is 3.04. The van der Waals surface area contributed by atoms with Crippen LogP contribution in [0.25, 0.3) is 0 Å². The predicted molar refractivity (Wildman–Crippen MR) is 56.8 cm³/mol. The smallest absolute Gasteiger partial charge is 0.395 e. The van der Waals surface area contributed by atoms with E-state index in [4.69, 9.17) is 5.73 Å². The maximum absolute atomic E-state index is 12.0. The maximum atomic E-state index is 12.0. The zero-order valence-corrected chi connectivity index (χ0v) is 9.47. The molecule has 16 heavy (non-hydrogen) atoms. The number of nitrogens with two attached hydrogens (primary N) is 1.